The lowest BCUT2D eigenvalue weighted by Gasteiger charge is -2.25. The molecule has 1 unspecified atom stereocenters. The van der Waals surface area contributed by atoms with Crippen LogP contribution in [0.4, 0.5) is 11.5 Å². The summed E-state index contributed by atoms with van der Waals surface area (Å²) in [4.78, 5) is 22.6. The molecule has 0 radical (unpaired) electrons. The highest BCUT2D eigenvalue weighted by Gasteiger charge is 2.34. The number of hydrogen-bond donors (Lipinski definition) is 3. The largest absolute Gasteiger partial charge is 0.347 e. The SMILES string of the molecule is CC(C)(C)c1cc(-n2c3c(c(=O)n2C2CC2)C=NC(Nc2ccc4c(c2)CCNC4)N3)c(Cl)cn1. The Morgan fingerprint density at radius 3 is 2.77 bits per heavy atom. The molecule has 1 saturated carbocycles. The van der Waals surface area contributed by atoms with Gasteiger partial charge in [-0.1, -0.05) is 38.4 Å². The van der Waals surface area contributed by atoms with Crippen molar-refractivity contribution < 1.29 is 0 Å². The minimum Gasteiger partial charge on any atom is -0.347 e. The molecule has 2 aliphatic heterocycles. The van der Waals surface area contributed by atoms with Gasteiger partial charge in [0.15, 0.2) is 6.29 Å². The number of aliphatic imine (C=N–C) groups is 1. The van der Waals surface area contributed by atoms with Crippen molar-refractivity contribution in [3.63, 3.8) is 0 Å². The molecule has 6 rings (SSSR count). The number of nitrogens with zero attached hydrogens (tertiary/aromatic N) is 4. The highest BCUT2D eigenvalue weighted by Crippen LogP contribution is 2.38. The molecule has 0 bridgehead atoms. The minimum atomic E-state index is -0.411. The van der Waals surface area contributed by atoms with Crippen LogP contribution in [0, 0.1) is 0 Å². The van der Waals surface area contributed by atoms with Crippen LogP contribution in [-0.4, -0.2) is 33.4 Å². The van der Waals surface area contributed by atoms with E-state index in [-0.39, 0.29) is 17.0 Å². The van der Waals surface area contributed by atoms with Crippen molar-refractivity contribution in [1.29, 1.82) is 0 Å². The molecule has 3 aromatic rings. The van der Waals surface area contributed by atoms with Crippen LogP contribution < -0.4 is 21.5 Å². The van der Waals surface area contributed by atoms with Crippen LogP contribution in [-0.2, 0) is 18.4 Å². The lowest BCUT2D eigenvalue weighted by Crippen LogP contribution is -2.31. The summed E-state index contributed by atoms with van der Waals surface area (Å²) < 4.78 is 3.76. The van der Waals surface area contributed by atoms with Gasteiger partial charge in [-0.2, -0.15) is 0 Å². The molecule has 1 atom stereocenters. The maximum absolute atomic E-state index is 13.4. The molecule has 0 amide bonds. The van der Waals surface area contributed by atoms with Crippen molar-refractivity contribution in [3.8, 4) is 5.69 Å². The van der Waals surface area contributed by atoms with Gasteiger partial charge in [0.2, 0.25) is 0 Å². The standard InChI is InChI=1S/C26H30ClN7O/c1-26(2,3)22-11-21(20(27)14-29-22)34-23-19(24(35)33(34)18-6-7-18)13-30-25(32-23)31-17-5-4-16-12-28-9-8-15(16)10-17/h4-5,10-11,13-14,18,25,28,31-32H,6-9,12H2,1-3H3. The van der Waals surface area contributed by atoms with Gasteiger partial charge in [0, 0.05) is 35.8 Å². The third-order valence-electron chi connectivity index (χ3n) is 6.87. The van der Waals surface area contributed by atoms with Gasteiger partial charge in [-0.25, -0.2) is 14.4 Å². The van der Waals surface area contributed by atoms with Crippen LogP contribution >= 0.6 is 11.6 Å². The average Bonchev–Trinajstić information content (AvgIpc) is 3.63. The van der Waals surface area contributed by atoms with Crippen molar-refractivity contribution in [2.24, 2.45) is 4.99 Å². The van der Waals surface area contributed by atoms with Crippen molar-refractivity contribution in [2.45, 2.75) is 64.3 Å². The van der Waals surface area contributed by atoms with E-state index in [1.165, 1.54) is 11.1 Å². The fourth-order valence-corrected chi connectivity index (χ4v) is 4.98. The number of pyridine rings is 1. The third kappa shape index (κ3) is 4.04. The zero-order valence-corrected chi connectivity index (χ0v) is 21.0. The van der Waals surface area contributed by atoms with Crippen molar-refractivity contribution in [1.82, 2.24) is 19.7 Å². The first-order valence-corrected chi connectivity index (χ1v) is 12.6. The number of rotatable bonds is 4. The van der Waals surface area contributed by atoms with Gasteiger partial charge in [0.1, 0.15) is 11.4 Å². The highest BCUT2D eigenvalue weighted by atomic mass is 35.5. The molecule has 0 saturated heterocycles. The molecule has 1 aliphatic carbocycles. The maximum atomic E-state index is 13.4. The molecule has 35 heavy (non-hydrogen) atoms. The summed E-state index contributed by atoms with van der Waals surface area (Å²) in [5.74, 6) is 0.699. The van der Waals surface area contributed by atoms with Crippen molar-refractivity contribution in [3.05, 3.63) is 68.2 Å². The molecular formula is C26H30ClN7O. The highest BCUT2D eigenvalue weighted by molar-refractivity contribution is 6.32. The van der Waals surface area contributed by atoms with Crippen LogP contribution in [0.3, 0.4) is 0 Å². The van der Waals surface area contributed by atoms with Gasteiger partial charge < -0.3 is 16.0 Å². The summed E-state index contributed by atoms with van der Waals surface area (Å²) in [5, 5.41) is 10.8. The Morgan fingerprint density at radius 2 is 2.00 bits per heavy atom. The fourth-order valence-electron chi connectivity index (χ4n) is 4.79. The number of benzene rings is 1. The zero-order chi connectivity index (χ0) is 24.3. The molecule has 3 aliphatic rings. The van der Waals surface area contributed by atoms with Gasteiger partial charge in [-0.15, -0.1) is 0 Å². The Labute approximate surface area is 209 Å². The molecule has 1 aromatic carbocycles. The molecule has 0 spiro atoms. The average molecular weight is 492 g/mol. The van der Waals surface area contributed by atoms with E-state index >= 15 is 0 Å². The molecule has 4 heterocycles. The summed E-state index contributed by atoms with van der Waals surface area (Å²) in [6, 6.07) is 8.59. The number of hydrogen-bond acceptors (Lipinski definition) is 6. The number of fused-ring (bicyclic) bond motifs is 2. The molecule has 2 aromatic heterocycles. The van der Waals surface area contributed by atoms with E-state index < -0.39 is 6.29 Å². The van der Waals surface area contributed by atoms with Gasteiger partial charge in [-0.3, -0.25) is 9.78 Å². The number of nitrogens with one attached hydrogen (secondary N) is 3. The summed E-state index contributed by atoms with van der Waals surface area (Å²) in [7, 11) is 0. The van der Waals surface area contributed by atoms with E-state index in [4.69, 9.17) is 11.6 Å². The predicted molar refractivity (Wildman–Crippen MR) is 140 cm³/mol. The van der Waals surface area contributed by atoms with E-state index in [0.29, 0.717) is 16.4 Å². The number of halogens is 1. The first-order valence-electron chi connectivity index (χ1n) is 12.2. The second kappa shape index (κ2) is 8.24. The Hall–Kier alpha value is -3.10. The van der Waals surface area contributed by atoms with Gasteiger partial charge in [0.25, 0.3) is 5.56 Å². The van der Waals surface area contributed by atoms with Crippen molar-refractivity contribution >= 4 is 29.3 Å². The molecule has 8 nitrogen and oxygen atoms in total. The van der Waals surface area contributed by atoms with Gasteiger partial charge in [0.05, 0.1) is 16.8 Å². The van der Waals surface area contributed by atoms with Crippen LogP contribution in [0.25, 0.3) is 5.69 Å². The number of aromatic nitrogens is 3. The second-order valence-electron chi connectivity index (χ2n) is 10.6. The molecular weight excluding hydrogens is 462 g/mol. The van der Waals surface area contributed by atoms with Crippen LogP contribution in [0.5, 0.6) is 0 Å². The zero-order valence-electron chi connectivity index (χ0n) is 20.2. The monoisotopic (exact) mass is 491 g/mol. The lowest BCUT2D eigenvalue weighted by molar-refractivity contribution is 0.545. The Morgan fingerprint density at radius 1 is 1.17 bits per heavy atom. The van der Waals surface area contributed by atoms with Crippen molar-refractivity contribution in [2.75, 3.05) is 17.2 Å². The summed E-state index contributed by atoms with van der Waals surface area (Å²) in [6.07, 6.45) is 5.91. The normalized spacial score (nSPS) is 19.1. The van der Waals surface area contributed by atoms with Crippen LogP contribution in [0.1, 0.15) is 62.0 Å². The summed E-state index contributed by atoms with van der Waals surface area (Å²) in [6.45, 7) is 8.25. The molecule has 3 N–H and O–H groups in total. The smallest absolute Gasteiger partial charge is 0.278 e. The van der Waals surface area contributed by atoms with Crippen LogP contribution in [0.15, 0.2) is 40.2 Å². The summed E-state index contributed by atoms with van der Waals surface area (Å²) >= 11 is 6.68. The van der Waals surface area contributed by atoms with E-state index in [9.17, 15) is 4.79 Å². The quantitative estimate of drug-likeness (QED) is 0.509. The van der Waals surface area contributed by atoms with E-state index in [2.05, 4.69) is 64.9 Å². The summed E-state index contributed by atoms with van der Waals surface area (Å²) in [5.41, 5.74) is 5.69. The van der Waals surface area contributed by atoms with E-state index in [1.54, 1.807) is 12.4 Å². The fraction of sp³-hybridized carbons (Fsp3) is 0.423. The topological polar surface area (TPSA) is 88.3 Å². The molecule has 9 heteroatoms. The molecule has 1 fully saturated rings. The Bertz CT molecular complexity index is 1390. The van der Waals surface area contributed by atoms with Crippen LogP contribution in [0.2, 0.25) is 5.02 Å². The second-order valence-corrected chi connectivity index (χ2v) is 11.0. The Balaban J connectivity index is 1.40. The maximum Gasteiger partial charge on any atom is 0.278 e. The van der Waals surface area contributed by atoms with Gasteiger partial charge in [-0.05, 0) is 55.1 Å². The van der Waals surface area contributed by atoms with E-state index in [0.717, 1.165) is 49.4 Å². The third-order valence-corrected chi connectivity index (χ3v) is 7.16. The Kier molecular flexibility index (Phi) is 5.27. The predicted octanol–water partition coefficient (Wildman–Crippen LogP) is 4.21. The van der Waals surface area contributed by atoms with E-state index in [1.807, 2.05) is 15.4 Å². The number of anilines is 2. The lowest BCUT2D eigenvalue weighted by atomic mass is 9.91. The van der Waals surface area contributed by atoms with Gasteiger partial charge >= 0.3 is 0 Å². The first kappa shape index (κ1) is 22.4. The first-order chi connectivity index (χ1) is 16.8. The minimum absolute atomic E-state index is 0.0522. The molecule has 182 valence electrons.